The van der Waals surface area contributed by atoms with Crippen LogP contribution in [0.25, 0.3) is 0 Å². The number of ether oxygens (including phenoxy) is 2. The average molecular weight is 376 g/mol. The van der Waals surface area contributed by atoms with Crippen LogP contribution in [0.5, 0.6) is 0 Å². The van der Waals surface area contributed by atoms with Crippen LogP contribution in [0.15, 0.2) is 0 Å². The van der Waals surface area contributed by atoms with Crippen LogP contribution in [-0.2, 0) is 14.3 Å². The van der Waals surface area contributed by atoms with Gasteiger partial charge in [0.15, 0.2) is 0 Å². The molecule has 5 unspecified atom stereocenters. The average Bonchev–Trinajstić information content (AvgIpc) is 3.23. The van der Waals surface area contributed by atoms with E-state index < -0.39 is 5.60 Å². The van der Waals surface area contributed by atoms with E-state index in [1.165, 1.54) is 12.8 Å². The molecule has 0 aromatic heterocycles. The fourth-order valence-electron chi connectivity index (χ4n) is 7.02. The number of nitrogens with one attached hydrogen (secondary N) is 1. The van der Waals surface area contributed by atoms with Gasteiger partial charge in [0, 0.05) is 6.04 Å². The Labute approximate surface area is 161 Å². The van der Waals surface area contributed by atoms with Crippen molar-refractivity contribution in [3.8, 4) is 0 Å². The molecule has 5 fully saturated rings. The number of carbonyl (C=O) groups excluding carboxylic acids is 2. The number of rotatable bonds is 3. The second-order valence-electron chi connectivity index (χ2n) is 11.1. The standard InChI is InChI=1S/C22H33NO4/c1-20(2,3)27-19(25)23-15-4-6-16(7-5-15)26-18(24)21-8-13-9-22(17(13)12-21)11-14(22)10-21/h13-17H,4-12H2,1-3H3,(H,23,25). The number of carbonyl (C=O) groups is 2. The molecule has 1 spiro atoms. The van der Waals surface area contributed by atoms with Crippen molar-refractivity contribution in [1.29, 1.82) is 0 Å². The Morgan fingerprint density at radius 2 is 1.70 bits per heavy atom. The quantitative estimate of drug-likeness (QED) is 0.751. The molecule has 1 N–H and O–H groups in total. The summed E-state index contributed by atoms with van der Waals surface area (Å²) in [4.78, 5) is 25.0. The minimum atomic E-state index is -0.476. The minimum Gasteiger partial charge on any atom is -0.462 e. The lowest BCUT2D eigenvalue weighted by Crippen LogP contribution is -2.43. The van der Waals surface area contributed by atoms with Crippen LogP contribution in [0.3, 0.4) is 0 Å². The monoisotopic (exact) mass is 375 g/mol. The van der Waals surface area contributed by atoms with Gasteiger partial charge in [-0.25, -0.2) is 4.79 Å². The fourth-order valence-corrected chi connectivity index (χ4v) is 7.02. The first-order valence-corrected chi connectivity index (χ1v) is 10.9. The third-order valence-electron chi connectivity index (χ3n) is 8.23. The summed E-state index contributed by atoms with van der Waals surface area (Å²) in [5.41, 5.74) is 0.0500. The van der Waals surface area contributed by atoms with E-state index in [2.05, 4.69) is 5.32 Å². The van der Waals surface area contributed by atoms with Gasteiger partial charge in [-0.15, -0.1) is 0 Å². The van der Waals surface area contributed by atoms with Gasteiger partial charge in [-0.2, -0.15) is 0 Å². The molecule has 5 aliphatic carbocycles. The Morgan fingerprint density at radius 3 is 2.41 bits per heavy atom. The molecule has 5 rings (SSSR count). The SMILES string of the molecule is CC(C)(C)OC(=O)NC1CCC(OC(=O)C23CC4CC5(CC5C2)C4C3)CC1. The summed E-state index contributed by atoms with van der Waals surface area (Å²) in [6.07, 6.45) is 9.09. The van der Waals surface area contributed by atoms with Crippen LogP contribution in [0, 0.1) is 28.6 Å². The van der Waals surface area contributed by atoms with Gasteiger partial charge in [0.1, 0.15) is 11.7 Å². The third-order valence-corrected chi connectivity index (χ3v) is 8.23. The molecule has 5 nitrogen and oxygen atoms in total. The van der Waals surface area contributed by atoms with Crippen LogP contribution in [0.1, 0.15) is 78.6 Å². The van der Waals surface area contributed by atoms with Crippen LogP contribution >= 0.6 is 0 Å². The predicted molar refractivity (Wildman–Crippen MR) is 99.9 cm³/mol. The second kappa shape index (κ2) is 5.64. The van der Waals surface area contributed by atoms with Gasteiger partial charge in [-0.3, -0.25) is 4.79 Å². The summed E-state index contributed by atoms with van der Waals surface area (Å²) >= 11 is 0. The number of hydrogen-bond acceptors (Lipinski definition) is 4. The molecule has 5 aliphatic rings. The lowest BCUT2D eigenvalue weighted by Gasteiger charge is -2.44. The molecule has 0 radical (unpaired) electrons. The first-order chi connectivity index (χ1) is 12.7. The molecule has 5 atom stereocenters. The minimum absolute atomic E-state index is 0.0210. The topological polar surface area (TPSA) is 64.6 Å². The van der Waals surface area contributed by atoms with Crippen molar-refractivity contribution in [2.75, 3.05) is 0 Å². The summed E-state index contributed by atoms with van der Waals surface area (Å²) < 4.78 is 11.4. The molecule has 27 heavy (non-hydrogen) atoms. The highest BCUT2D eigenvalue weighted by Gasteiger charge is 2.77. The highest BCUT2D eigenvalue weighted by atomic mass is 16.6. The van der Waals surface area contributed by atoms with E-state index in [1.54, 1.807) is 0 Å². The van der Waals surface area contributed by atoms with Gasteiger partial charge in [0.2, 0.25) is 0 Å². The van der Waals surface area contributed by atoms with Crippen LogP contribution in [0.2, 0.25) is 0 Å². The molecular weight excluding hydrogens is 342 g/mol. The van der Waals surface area contributed by atoms with Crippen LogP contribution in [0.4, 0.5) is 4.79 Å². The molecular formula is C22H33NO4. The van der Waals surface area contributed by atoms with Gasteiger partial charge < -0.3 is 14.8 Å². The Bertz CT molecular complexity index is 658. The Balaban J connectivity index is 1.11. The van der Waals surface area contributed by atoms with Gasteiger partial charge in [-0.05, 0) is 102 Å². The largest absolute Gasteiger partial charge is 0.462 e. The van der Waals surface area contributed by atoms with E-state index in [4.69, 9.17) is 9.47 Å². The molecule has 5 heteroatoms. The number of alkyl carbamates (subject to hydrolysis) is 1. The smallest absolute Gasteiger partial charge is 0.407 e. The molecule has 150 valence electrons. The van der Waals surface area contributed by atoms with Crippen LogP contribution < -0.4 is 5.32 Å². The van der Waals surface area contributed by atoms with Crippen molar-refractivity contribution in [3.05, 3.63) is 0 Å². The lowest BCUT2D eigenvalue weighted by molar-refractivity contribution is -0.165. The first-order valence-electron chi connectivity index (χ1n) is 10.9. The third kappa shape index (κ3) is 2.87. The number of hydrogen-bond donors (Lipinski definition) is 1. The van der Waals surface area contributed by atoms with E-state index in [1.807, 2.05) is 20.8 Å². The molecule has 0 aromatic rings. The highest BCUT2D eigenvalue weighted by Crippen LogP contribution is 2.83. The van der Waals surface area contributed by atoms with Crippen molar-refractivity contribution in [3.63, 3.8) is 0 Å². The first kappa shape index (κ1) is 17.8. The maximum Gasteiger partial charge on any atom is 0.407 e. The summed E-state index contributed by atoms with van der Waals surface area (Å²) in [5, 5.41) is 2.96. The van der Waals surface area contributed by atoms with Crippen molar-refractivity contribution in [1.82, 2.24) is 5.32 Å². The number of amides is 1. The maximum atomic E-state index is 13.1. The summed E-state index contributed by atoms with van der Waals surface area (Å²) in [5.74, 6) is 2.55. The zero-order valence-electron chi connectivity index (χ0n) is 16.9. The zero-order chi connectivity index (χ0) is 19.0. The fraction of sp³-hybridized carbons (Fsp3) is 0.909. The molecule has 0 aliphatic heterocycles. The highest BCUT2D eigenvalue weighted by molar-refractivity contribution is 5.78. The van der Waals surface area contributed by atoms with E-state index in [0.29, 0.717) is 5.41 Å². The van der Waals surface area contributed by atoms with Crippen LogP contribution in [-0.4, -0.2) is 29.8 Å². The number of esters is 1. The molecule has 1 amide bonds. The van der Waals surface area contributed by atoms with Gasteiger partial charge in [-0.1, -0.05) is 0 Å². The van der Waals surface area contributed by atoms with Crippen molar-refractivity contribution in [2.45, 2.75) is 96.3 Å². The van der Waals surface area contributed by atoms with Crippen molar-refractivity contribution >= 4 is 12.1 Å². The summed E-state index contributed by atoms with van der Waals surface area (Å²) in [6.45, 7) is 5.61. The summed E-state index contributed by atoms with van der Waals surface area (Å²) in [6, 6.07) is 0.122. The summed E-state index contributed by atoms with van der Waals surface area (Å²) in [7, 11) is 0. The lowest BCUT2D eigenvalue weighted by atomic mass is 9.60. The normalized spacial score (nSPS) is 46.7. The van der Waals surface area contributed by atoms with Gasteiger partial charge in [0.25, 0.3) is 0 Å². The van der Waals surface area contributed by atoms with Crippen molar-refractivity contribution in [2.24, 2.45) is 28.6 Å². The van der Waals surface area contributed by atoms with Gasteiger partial charge >= 0.3 is 12.1 Å². The maximum absolute atomic E-state index is 13.1. The van der Waals surface area contributed by atoms with Gasteiger partial charge in [0.05, 0.1) is 5.41 Å². The molecule has 0 aromatic carbocycles. The molecule has 2 bridgehead atoms. The molecule has 0 heterocycles. The second-order valence-corrected chi connectivity index (χ2v) is 11.1. The van der Waals surface area contributed by atoms with E-state index >= 15 is 0 Å². The predicted octanol–water partition coefficient (Wildman–Crippen LogP) is 4.19. The van der Waals surface area contributed by atoms with E-state index in [-0.39, 0.29) is 29.6 Å². The van der Waals surface area contributed by atoms with Crippen molar-refractivity contribution < 1.29 is 19.1 Å². The number of fused-ring (bicyclic) bond motifs is 1. The van der Waals surface area contributed by atoms with E-state index in [9.17, 15) is 9.59 Å². The van der Waals surface area contributed by atoms with E-state index in [0.717, 1.165) is 62.7 Å². The zero-order valence-corrected chi connectivity index (χ0v) is 16.9. The Kier molecular flexibility index (Phi) is 3.72. The molecule has 5 saturated carbocycles. The molecule has 0 saturated heterocycles. The Morgan fingerprint density at radius 1 is 0.963 bits per heavy atom. The Hall–Kier alpha value is -1.26.